The first-order valence-electron chi connectivity index (χ1n) is 3.68. The van der Waals surface area contributed by atoms with Crippen molar-refractivity contribution in [3.63, 3.8) is 0 Å². The van der Waals surface area contributed by atoms with E-state index in [9.17, 15) is 0 Å². The summed E-state index contributed by atoms with van der Waals surface area (Å²) >= 11 is 0. The van der Waals surface area contributed by atoms with E-state index in [0.717, 1.165) is 11.1 Å². The zero-order chi connectivity index (χ0) is 8.85. The third-order valence-corrected chi connectivity index (χ3v) is 1.56. The first-order chi connectivity index (χ1) is 5.13. The van der Waals surface area contributed by atoms with Crippen LogP contribution in [0.1, 0.15) is 20.8 Å². The van der Waals surface area contributed by atoms with Crippen LogP contribution in [-0.2, 0) is 0 Å². The highest BCUT2D eigenvalue weighted by atomic mass is 14.6. The van der Waals surface area contributed by atoms with E-state index in [0.29, 0.717) is 5.92 Å². The van der Waals surface area contributed by atoms with Crippen molar-refractivity contribution in [2.24, 2.45) is 16.6 Å². The Hall–Kier alpha value is -1.05. The minimum absolute atomic E-state index is 0.445. The molecule has 0 spiro atoms. The fourth-order valence-electron chi connectivity index (χ4n) is 0.901. The summed E-state index contributed by atoms with van der Waals surface area (Å²) in [5, 5.41) is 0. The zero-order valence-electron chi connectivity index (χ0n) is 7.46. The van der Waals surface area contributed by atoms with Crippen LogP contribution < -0.4 is 5.73 Å². The van der Waals surface area contributed by atoms with Crippen molar-refractivity contribution < 1.29 is 0 Å². The average molecular weight is 152 g/mol. The van der Waals surface area contributed by atoms with Gasteiger partial charge in [-0.05, 0) is 36.9 Å². The van der Waals surface area contributed by atoms with E-state index in [-0.39, 0.29) is 0 Å². The van der Waals surface area contributed by atoms with Crippen LogP contribution in [0.4, 0.5) is 0 Å². The predicted octanol–water partition coefficient (Wildman–Crippen LogP) is 2.09. The minimum atomic E-state index is 0.445. The lowest BCUT2D eigenvalue weighted by Gasteiger charge is -2.09. The summed E-state index contributed by atoms with van der Waals surface area (Å²) in [5.41, 5.74) is 7.58. The van der Waals surface area contributed by atoms with Gasteiger partial charge in [-0.1, -0.05) is 13.8 Å². The lowest BCUT2D eigenvalue weighted by Crippen LogP contribution is -1.97. The van der Waals surface area contributed by atoms with E-state index in [4.69, 9.17) is 5.73 Å². The van der Waals surface area contributed by atoms with Crippen LogP contribution in [0.15, 0.2) is 28.5 Å². The monoisotopic (exact) mass is 152 g/mol. The standard InChI is InChI=1S/C9H16N2/c1-7(2)9(6-11-4)8(3)5-10/h5-7H,4,10H2,1-3H3/b8-5-,9-6-. The van der Waals surface area contributed by atoms with Crippen molar-refractivity contribution in [3.8, 4) is 0 Å². The molecule has 0 heterocycles. The maximum Gasteiger partial charge on any atom is 0.0298 e. The molecule has 2 nitrogen and oxygen atoms in total. The molecule has 0 aliphatic rings. The molecule has 0 unspecified atom stereocenters. The molecule has 0 aliphatic carbocycles. The highest BCUT2D eigenvalue weighted by Crippen LogP contribution is 2.17. The second kappa shape index (κ2) is 4.72. The zero-order valence-corrected chi connectivity index (χ0v) is 7.46. The summed E-state index contributed by atoms with van der Waals surface area (Å²) in [6, 6.07) is 0. The van der Waals surface area contributed by atoms with Crippen molar-refractivity contribution in [1.82, 2.24) is 0 Å². The molecule has 0 aromatic rings. The third-order valence-electron chi connectivity index (χ3n) is 1.56. The van der Waals surface area contributed by atoms with E-state index in [1.165, 1.54) is 0 Å². The van der Waals surface area contributed by atoms with E-state index >= 15 is 0 Å². The van der Waals surface area contributed by atoms with Gasteiger partial charge in [0, 0.05) is 6.20 Å². The molecule has 0 aromatic heterocycles. The van der Waals surface area contributed by atoms with Gasteiger partial charge in [0.1, 0.15) is 0 Å². The van der Waals surface area contributed by atoms with Crippen LogP contribution >= 0.6 is 0 Å². The Morgan fingerprint density at radius 1 is 1.55 bits per heavy atom. The van der Waals surface area contributed by atoms with Crippen molar-refractivity contribution >= 4 is 6.72 Å². The van der Waals surface area contributed by atoms with Crippen LogP contribution in [0.3, 0.4) is 0 Å². The maximum atomic E-state index is 5.38. The molecule has 0 saturated heterocycles. The van der Waals surface area contributed by atoms with Crippen LogP contribution in [0.25, 0.3) is 0 Å². The average Bonchev–Trinajstić information content (AvgIpc) is 1.98. The van der Waals surface area contributed by atoms with E-state index in [1.54, 1.807) is 12.4 Å². The molecule has 0 rings (SSSR count). The van der Waals surface area contributed by atoms with Gasteiger partial charge >= 0.3 is 0 Å². The minimum Gasteiger partial charge on any atom is -0.404 e. The van der Waals surface area contributed by atoms with Gasteiger partial charge in [0.25, 0.3) is 0 Å². The summed E-state index contributed by atoms with van der Waals surface area (Å²) in [7, 11) is 0. The van der Waals surface area contributed by atoms with Gasteiger partial charge in [-0.2, -0.15) is 0 Å². The molecule has 62 valence electrons. The van der Waals surface area contributed by atoms with Crippen LogP contribution in [-0.4, -0.2) is 6.72 Å². The van der Waals surface area contributed by atoms with Gasteiger partial charge in [0.2, 0.25) is 0 Å². The first kappa shape index (κ1) is 9.95. The van der Waals surface area contributed by atoms with Gasteiger partial charge in [-0.3, -0.25) is 4.99 Å². The normalized spacial score (nSPS) is 13.8. The van der Waals surface area contributed by atoms with Crippen molar-refractivity contribution in [2.75, 3.05) is 0 Å². The van der Waals surface area contributed by atoms with E-state index in [1.807, 2.05) is 6.92 Å². The van der Waals surface area contributed by atoms with Crippen molar-refractivity contribution in [2.45, 2.75) is 20.8 Å². The molecular formula is C9H16N2. The topological polar surface area (TPSA) is 38.4 Å². The molecule has 0 bridgehead atoms. The predicted molar refractivity (Wildman–Crippen MR) is 50.4 cm³/mol. The molecule has 2 heteroatoms. The Labute approximate surface area is 68.5 Å². The molecule has 0 atom stereocenters. The molecule has 0 radical (unpaired) electrons. The fourth-order valence-corrected chi connectivity index (χ4v) is 0.901. The molecule has 11 heavy (non-hydrogen) atoms. The third kappa shape index (κ3) is 3.03. The van der Waals surface area contributed by atoms with Crippen molar-refractivity contribution in [1.29, 1.82) is 0 Å². The number of hydrogen-bond acceptors (Lipinski definition) is 2. The Balaban J connectivity index is 4.61. The summed E-state index contributed by atoms with van der Waals surface area (Å²) in [5.74, 6) is 0.445. The van der Waals surface area contributed by atoms with Crippen LogP contribution in [0, 0.1) is 5.92 Å². The SMILES string of the molecule is C=N/C=C(\C(C)=C/N)C(C)C. The number of hydrogen-bond donors (Lipinski definition) is 1. The fraction of sp³-hybridized carbons (Fsp3) is 0.444. The summed E-state index contributed by atoms with van der Waals surface area (Å²) in [4.78, 5) is 3.72. The lowest BCUT2D eigenvalue weighted by atomic mass is 9.98. The Kier molecular flexibility index (Phi) is 4.27. The second-order valence-corrected chi connectivity index (χ2v) is 2.77. The summed E-state index contributed by atoms with van der Waals surface area (Å²) in [6.07, 6.45) is 3.35. The highest BCUT2D eigenvalue weighted by Gasteiger charge is 2.03. The number of aliphatic imine (C=N–C) groups is 1. The quantitative estimate of drug-likeness (QED) is 0.488. The summed E-state index contributed by atoms with van der Waals surface area (Å²) in [6.45, 7) is 9.58. The van der Waals surface area contributed by atoms with Gasteiger partial charge in [0.05, 0.1) is 0 Å². The molecule has 0 saturated carbocycles. The lowest BCUT2D eigenvalue weighted by molar-refractivity contribution is 0.773. The van der Waals surface area contributed by atoms with Gasteiger partial charge < -0.3 is 5.73 Å². The molecule has 0 amide bonds. The number of nitrogens with zero attached hydrogens (tertiary/aromatic N) is 1. The highest BCUT2D eigenvalue weighted by molar-refractivity contribution is 5.33. The van der Waals surface area contributed by atoms with Crippen molar-refractivity contribution in [3.05, 3.63) is 23.5 Å². The molecule has 2 N–H and O–H groups in total. The van der Waals surface area contributed by atoms with E-state index in [2.05, 4.69) is 25.6 Å². The Morgan fingerprint density at radius 3 is 2.36 bits per heavy atom. The van der Waals surface area contributed by atoms with Gasteiger partial charge in [0.15, 0.2) is 0 Å². The number of rotatable bonds is 3. The summed E-state index contributed by atoms with van der Waals surface area (Å²) < 4.78 is 0. The molecule has 0 fully saturated rings. The van der Waals surface area contributed by atoms with Crippen LogP contribution in [0.2, 0.25) is 0 Å². The maximum absolute atomic E-state index is 5.38. The largest absolute Gasteiger partial charge is 0.404 e. The Bertz CT molecular complexity index is 188. The van der Waals surface area contributed by atoms with Crippen LogP contribution in [0.5, 0.6) is 0 Å². The Morgan fingerprint density at radius 2 is 2.09 bits per heavy atom. The smallest absolute Gasteiger partial charge is 0.0298 e. The second-order valence-electron chi connectivity index (χ2n) is 2.77. The van der Waals surface area contributed by atoms with E-state index < -0.39 is 0 Å². The number of allylic oxidation sites excluding steroid dienone is 2. The number of nitrogens with two attached hydrogens (primary N) is 1. The molecule has 0 aliphatic heterocycles. The van der Waals surface area contributed by atoms with Gasteiger partial charge in [-0.25, -0.2) is 0 Å². The first-order valence-corrected chi connectivity index (χ1v) is 3.68. The molecular weight excluding hydrogens is 136 g/mol. The molecule has 0 aromatic carbocycles. The van der Waals surface area contributed by atoms with Gasteiger partial charge in [-0.15, -0.1) is 0 Å².